The second kappa shape index (κ2) is 32.3. The molecule has 0 saturated carbocycles. The molecule has 0 atom stereocenters. The summed E-state index contributed by atoms with van der Waals surface area (Å²) in [5.41, 5.74) is 6.49. The van der Waals surface area contributed by atoms with E-state index in [0.29, 0.717) is 48.4 Å². The lowest BCUT2D eigenvalue weighted by atomic mass is 10.1. The molecule has 0 aromatic carbocycles. The Morgan fingerprint density at radius 3 is 1.11 bits per heavy atom. The van der Waals surface area contributed by atoms with Gasteiger partial charge in [0.2, 0.25) is 0 Å². The van der Waals surface area contributed by atoms with E-state index in [0.717, 1.165) is 86.9 Å². The highest BCUT2D eigenvalue weighted by Crippen LogP contribution is 2.29. The number of allylic oxidation sites excluding steroid dienone is 5. The molecule has 4 amide bonds. The molecule has 0 spiro atoms. The van der Waals surface area contributed by atoms with Gasteiger partial charge in [-0.15, -0.1) is 0 Å². The van der Waals surface area contributed by atoms with Gasteiger partial charge in [-0.1, -0.05) is 5.57 Å². The van der Waals surface area contributed by atoms with Crippen LogP contribution >= 0.6 is 0 Å². The molecular formula is C58H115N13O8S3. The fourth-order valence-corrected chi connectivity index (χ4v) is 15.1. The predicted octanol–water partition coefficient (Wildman–Crippen LogP) is 8.58. The Morgan fingerprint density at radius 2 is 0.732 bits per heavy atom. The minimum atomic E-state index is -3.33. The third-order valence-electron chi connectivity index (χ3n) is 14.9. The van der Waals surface area contributed by atoms with Crippen molar-refractivity contribution < 1.29 is 34.8 Å². The Bertz CT molecular complexity index is 2630. The maximum absolute atomic E-state index is 12.5. The van der Waals surface area contributed by atoms with Gasteiger partial charge in [0.25, 0.3) is 20.0 Å². The van der Waals surface area contributed by atoms with Gasteiger partial charge in [0.15, 0.2) is 0 Å². The lowest BCUT2D eigenvalue weighted by Gasteiger charge is -2.44. The van der Waals surface area contributed by atoms with Crippen molar-refractivity contribution in [2.45, 2.75) is 188 Å². The Kier molecular flexibility index (Phi) is 29.9. The van der Waals surface area contributed by atoms with Gasteiger partial charge in [-0.25, -0.2) is 30.7 Å². The lowest BCUT2D eigenvalue weighted by Crippen LogP contribution is -2.55. The molecule has 5 saturated heterocycles. The van der Waals surface area contributed by atoms with Gasteiger partial charge in [-0.05, 0) is 180 Å². The van der Waals surface area contributed by atoms with Crippen LogP contribution in [0.1, 0.15) is 158 Å². The summed E-state index contributed by atoms with van der Waals surface area (Å²) in [6.45, 7) is 48.0. The smallest absolute Gasteiger partial charge is 0.325 e. The summed E-state index contributed by atoms with van der Waals surface area (Å²) in [6, 6.07) is 1.74. The molecule has 5 rings (SSSR count). The van der Waals surface area contributed by atoms with E-state index in [1.54, 1.807) is 47.8 Å². The van der Waals surface area contributed by atoms with E-state index in [1.165, 1.54) is 34.1 Å². The highest BCUT2D eigenvalue weighted by Gasteiger charge is 2.38. The Balaban J connectivity index is 0.000000513. The minimum Gasteiger partial charge on any atom is -0.369 e. The number of carbonyl (C=O) groups is 2. The van der Waals surface area contributed by atoms with Crippen LogP contribution in [0.4, 0.5) is 9.59 Å². The van der Waals surface area contributed by atoms with Crippen LogP contribution in [-0.2, 0) is 30.3 Å². The first kappa shape index (κ1) is 75.8. The van der Waals surface area contributed by atoms with Crippen LogP contribution in [0.3, 0.4) is 0 Å². The molecule has 0 radical (unpaired) electrons. The summed E-state index contributed by atoms with van der Waals surface area (Å²) >= 11 is 0. The van der Waals surface area contributed by atoms with Gasteiger partial charge in [-0.2, -0.15) is 21.3 Å². The van der Waals surface area contributed by atoms with Crippen LogP contribution in [0.2, 0.25) is 0 Å². The van der Waals surface area contributed by atoms with Gasteiger partial charge in [0, 0.05) is 145 Å². The molecule has 0 N–H and O–H groups in total. The van der Waals surface area contributed by atoms with Crippen molar-refractivity contribution in [3.8, 4) is 0 Å². The number of carbonyl (C=O) groups excluding carboxylic acids is 2. The molecule has 5 aliphatic heterocycles. The molecule has 0 aromatic rings. The minimum absolute atomic E-state index is 0.0688. The zero-order chi connectivity index (χ0) is 64.0. The van der Waals surface area contributed by atoms with Crippen molar-refractivity contribution in [2.24, 2.45) is 0 Å². The number of urea groups is 2. The van der Waals surface area contributed by atoms with E-state index < -0.39 is 30.3 Å². The van der Waals surface area contributed by atoms with Crippen molar-refractivity contribution in [3.05, 3.63) is 55.3 Å². The molecule has 478 valence electrons. The van der Waals surface area contributed by atoms with Gasteiger partial charge in [-0.3, -0.25) is 4.90 Å². The second-order valence-electron chi connectivity index (χ2n) is 24.7. The molecule has 0 aliphatic carbocycles. The number of hydrogen-bond acceptors (Lipinski definition) is 13. The second-order valence-corrected chi connectivity index (χ2v) is 30.7. The van der Waals surface area contributed by atoms with E-state index >= 15 is 0 Å². The number of hydrogen-bond donors (Lipinski definition) is 0. The maximum atomic E-state index is 12.5. The first-order valence-electron chi connectivity index (χ1n) is 29.2. The first-order chi connectivity index (χ1) is 37.5. The fourth-order valence-electron chi connectivity index (χ4n) is 10.4. The van der Waals surface area contributed by atoms with E-state index in [1.807, 2.05) is 107 Å². The molecule has 5 aliphatic rings. The molecular weight excluding hydrogens is 1100 g/mol. The average molecular weight is 1220 g/mol. The Morgan fingerprint density at radius 1 is 0.366 bits per heavy atom. The molecule has 5 fully saturated rings. The summed E-state index contributed by atoms with van der Waals surface area (Å²) in [5.74, 6) is 1.83. The lowest BCUT2D eigenvalue weighted by molar-refractivity contribution is 0.146. The third-order valence-corrected chi connectivity index (χ3v) is 20.9. The number of likely N-dealkylation sites (N-methyl/N-ethyl adjacent to an activating group) is 3. The summed E-state index contributed by atoms with van der Waals surface area (Å²) in [5, 5.41) is 0.984. The quantitative estimate of drug-likeness (QED) is 0.256. The van der Waals surface area contributed by atoms with Crippen molar-refractivity contribution in [2.75, 3.05) is 122 Å². The van der Waals surface area contributed by atoms with Gasteiger partial charge < -0.3 is 39.2 Å². The highest BCUT2D eigenvalue weighted by molar-refractivity contribution is 7.93. The Hall–Kier alpha value is -4.23. The summed E-state index contributed by atoms with van der Waals surface area (Å²) in [7, 11) is 4.01. The van der Waals surface area contributed by atoms with Crippen LogP contribution in [0, 0.1) is 0 Å². The van der Waals surface area contributed by atoms with Crippen LogP contribution in [0.25, 0.3) is 0 Å². The zero-order valence-electron chi connectivity index (χ0n) is 56.4. The number of amides is 4. The SMILES string of the molecule is CC(C)=C1CN(C)C(=O)N(C)CCN1C(C)C.CC(C)=C1N(C(C)C)CCCCN(C)S1(=O)=O.CC(C)=C1N(C(C)C)CCCN(C)S1(=O)=O.CC(C)=C1N(C(C)C)CN(C)S(=O)(=O)N1C.CC(C)=C1N(C)C(=O)N(C)CCN1C(C)C. The molecule has 82 heavy (non-hydrogen) atoms. The Labute approximate surface area is 501 Å². The molecule has 21 nitrogen and oxygen atoms in total. The van der Waals surface area contributed by atoms with Crippen LogP contribution < -0.4 is 0 Å². The van der Waals surface area contributed by atoms with Crippen molar-refractivity contribution in [1.29, 1.82) is 0 Å². The monoisotopic (exact) mass is 1220 g/mol. The predicted molar refractivity (Wildman–Crippen MR) is 339 cm³/mol. The topological polar surface area (TPSA) is 179 Å². The highest BCUT2D eigenvalue weighted by atomic mass is 32.2. The molecule has 0 unspecified atom stereocenters. The molecule has 0 aromatic heterocycles. The van der Waals surface area contributed by atoms with E-state index in [4.69, 9.17) is 0 Å². The van der Waals surface area contributed by atoms with Crippen LogP contribution in [0.15, 0.2) is 55.3 Å². The van der Waals surface area contributed by atoms with Gasteiger partial charge in [0.05, 0.1) is 13.2 Å². The average Bonchev–Trinajstić information content (AvgIpc) is 3.62. The first-order valence-corrected chi connectivity index (χ1v) is 33.5. The van der Waals surface area contributed by atoms with Gasteiger partial charge >= 0.3 is 22.3 Å². The molecule has 24 heteroatoms. The number of sulfonamides is 2. The van der Waals surface area contributed by atoms with Crippen LogP contribution in [0.5, 0.6) is 0 Å². The summed E-state index contributed by atoms with van der Waals surface area (Å²) in [4.78, 5) is 41.8. The van der Waals surface area contributed by atoms with Crippen molar-refractivity contribution in [1.82, 2.24) is 61.3 Å². The summed E-state index contributed by atoms with van der Waals surface area (Å²) in [6.07, 6.45) is 2.84. The molecule has 5 heterocycles. The van der Waals surface area contributed by atoms with Crippen LogP contribution in [-0.4, -0.2) is 251 Å². The van der Waals surface area contributed by atoms with Crippen molar-refractivity contribution in [3.63, 3.8) is 0 Å². The zero-order valence-corrected chi connectivity index (χ0v) is 58.8. The third kappa shape index (κ3) is 19.7. The van der Waals surface area contributed by atoms with Crippen molar-refractivity contribution >= 4 is 42.3 Å². The van der Waals surface area contributed by atoms with Gasteiger partial charge in [0.1, 0.15) is 21.7 Å². The van der Waals surface area contributed by atoms with E-state index in [9.17, 15) is 34.8 Å². The van der Waals surface area contributed by atoms with E-state index in [-0.39, 0.29) is 30.2 Å². The number of rotatable bonds is 5. The maximum Gasteiger partial charge on any atom is 0.325 e. The standard InChI is InChI=1S/C13H25N3O.C12H23N3O.C12H24N2O2S.C11H22N2O2S.C10H21N3O2S/c1-10(2)12-9-15(6)13(17)14(5)7-8-16(12)11(3)4;1-9(2)11-14(6)12(16)13(5)7-8-15(11)10(3)4;1-10(2)12-14(11(3)4)9-7-6-8-13(5)17(12,15)16;1-9(2)11-13(10(3)4)8-6-7-12(5)16(11,14)15;1-8(2)10-12(6)16(14,15)11(5)7-13(10)9(3)4/h11H,7-9H2,1-6H3;10H,7-8H2,1-6H3;11H,6-9H2,1-5H3;10H,6-8H2,1-5H3;9H,7H2,1-6H3. The number of nitrogens with zero attached hydrogens (tertiary/aromatic N) is 13. The fraction of sp³-hybridized carbons (Fsp3) is 0.793. The normalized spacial score (nSPS) is 20.7. The largest absolute Gasteiger partial charge is 0.369 e. The summed E-state index contributed by atoms with van der Waals surface area (Å²) < 4.78 is 79.2. The van der Waals surface area contributed by atoms with E-state index in [2.05, 4.69) is 83.9 Å². The molecule has 0 bridgehead atoms.